The van der Waals surface area contributed by atoms with Gasteiger partial charge in [0.25, 0.3) is 5.91 Å². The second-order valence-corrected chi connectivity index (χ2v) is 6.21. The van der Waals surface area contributed by atoms with Gasteiger partial charge in [0.15, 0.2) is 0 Å². The van der Waals surface area contributed by atoms with Crippen molar-refractivity contribution in [2.45, 2.75) is 19.3 Å². The van der Waals surface area contributed by atoms with Gasteiger partial charge in [0.05, 0.1) is 5.69 Å². The zero-order valence-corrected chi connectivity index (χ0v) is 11.7. The fourth-order valence-corrected chi connectivity index (χ4v) is 3.23. The second kappa shape index (κ2) is 4.99. The standard InChI is InChI=1S/C13H16N4O2S/c14-8-9-12(16-5-4-15-9)20-10(8)11(19)17-7-13(1-2-13)3-6-18/h4-5,18H,1-3,6-7,14H2,(H,17,19). The van der Waals surface area contributed by atoms with Crippen LogP contribution in [0.5, 0.6) is 0 Å². The molecule has 6 nitrogen and oxygen atoms in total. The molecule has 0 saturated heterocycles. The summed E-state index contributed by atoms with van der Waals surface area (Å²) in [6.07, 6.45) is 5.99. The molecule has 0 aliphatic heterocycles. The van der Waals surface area contributed by atoms with Crippen LogP contribution in [0.2, 0.25) is 0 Å². The molecule has 1 amide bonds. The summed E-state index contributed by atoms with van der Waals surface area (Å²) in [6, 6.07) is 0. The predicted molar refractivity (Wildman–Crippen MR) is 77.5 cm³/mol. The van der Waals surface area contributed by atoms with E-state index in [0.717, 1.165) is 19.3 Å². The van der Waals surface area contributed by atoms with Gasteiger partial charge in [-0.05, 0) is 24.7 Å². The minimum absolute atomic E-state index is 0.0896. The molecule has 2 aromatic heterocycles. The fraction of sp³-hybridized carbons (Fsp3) is 0.462. The van der Waals surface area contributed by atoms with Gasteiger partial charge in [0.1, 0.15) is 15.2 Å². The van der Waals surface area contributed by atoms with Crippen LogP contribution in [0, 0.1) is 5.41 Å². The third kappa shape index (κ3) is 2.34. The molecule has 1 fully saturated rings. The number of nitrogens with two attached hydrogens (primary N) is 1. The monoisotopic (exact) mass is 292 g/mol. The minimum Gasteiger partial charge on any atom is -0.396 e. The van der Waals surface area contributed by atoms with Crippen molar-refractivity contribution in [2.24, 2.45) is 5.41 Å². The molecule has 2 heterocycles. The topological polar surface area (TPSA) is 101 Å². The van der Waals surface area contributed by atoms with Crippen molar-refractivity contribution in [3.8, 4) is 0 Å². The summed E-state index contributed by atoms with van der Waals surface area (Å²) >= 11 is 1.26. The van der Waals surface area contributed by atoms with E-state index >= 15 is 0 Å². The zero-order chi connectivity index (χ0) is 14.2. The third-order valence-corrected chi connectivity index (χ3v) is 4.89. The Kier molecular flexibility index (Phi) is 3.31. The van der Waals surface area contributed by atoms with E-state index in [4.69, 9.17) is 10.8 Å². The number of rotatable bonds is 5. The molecule has 2 aromatic rings. The average molecular weight is 292 g/mol. The Bertz CT molecular complexity index is 651. The summed E-state index contributed by atoms with van der Waals surface area (Å²) < 4.78 is 0. The number of carbonyl (C=O) groups is 1. The van der Waals surface area contributed by atoms with E-state index in [0.29, 0.717) is 27.5 Å². The van der Waals surface area contributed by atoms with Gasteiger partial charge in [-0.2, -0.15) is 0 Å². The smallest absolute Gasteiger partial charge is 0.263 e. The molecule has 0 unspecified atom stereocenters. The summed E-state index contributed by atoms with van der Waals surface area (Å²) in [4.78, 5) is 21.7. The van der Waals surface area contributed by atoms with E-state index in [-0.39, 0.29) is 17.9 Å². The molecule has 1 aliphatic carbocycles. The number of nitrogen functional groups attached to an aromatic ring is 1. The van der Waals surface area contributed by atoms with Gasteiger partial charge in [-0.25, -0.2) is 9.97 Å². The summed E-state index contributed by atoms with van der Waals surface area (Å²) in [5.74, 6) is -0.184. The van der Waals surface area contributed by atoms with Gasteiger partial charge in [-0.3, -0.25) is 4.79 Å². The molecule has 0 aromatic carbocycles. The Morgan fingerprint density at radius 1 is 1.45 bits per heavy atom. The number of nitrogens with zero attached hydrogens (tertiary/aromatic N) is 2. The van der Waals surface area contributed by atoms with Gasteiger partial charge >= 0.3 is 0 Å². The first-order valence-corrected chi connectivity index (χ1v) is 7.35. The molecule has 106 valence electrons. The van der Waals surface area contributed by atoms with Crippen molar-refractivity contribution in [2.75, 3.05) is 18.9 Å². The highest BCUT2D eigenvalue weighted by atomic mass is 32.1. The van der Waals surface area contributed by atoms with Crippen molar-refractivity contribution in [1.82, 2.24) is 15.3 Å². The van der Waals surface area contributed by atoms with E-state index in [1.165, 1.54) is 11.3 Å². The van der Waals surface area contributed by atoms with E-state index in [1.54, 1.807) is 12.4 Å². The lowest BCUT2D eigenvalue weighted by atomic mass is 10.0. The second-order valence-electron chi connectivity index (χ2n) is 5.21. The molecule has 3 rings (SSSR count). The average Bonchev–Trinajstić information content (AvgIpc) is 3.14. The molecule has 4 N–H and O–H groups in total. The van der Waals surface area contributed by atoms with Crippen LogP contribution in [-0.2, 0) is 0 Å². The summed E-state index contributed by atoms with van der Waals surface area (Å²) in [7, 11) is 0. The molecule has 7 heteroatoms. The Balaban J connectivity index is 1.74. The number of aliphatic hydroxyl groups excluding tert-OH is 1. The van der Waals surface area contributed by atoms with Crippen molar-refractivity contribution in [3.05, 3.63) is 17.3 Å². The Morgan fingerprint density at radius 3 is 2.85 bits per heavy atom. The maximum atomic E-state index is 12.2. The number of amides is 1. The molecule has 0 atom stereocenters. The van der Waals surface area contributed by atoms with Gasteiger partial charge in [-0.1, -0.05) is 0 Å². The van der Waals surface area contributed by atoms with Crippen molar-refractivity contribution >= 4 is 33.3 Å². The number of fused-ring (bicyclic) bond motifs is 1. The van der Waals surface area contributed by atoms with Crippen LogP contribution in [-0.4, -0.2) is 34.1 Å². The predicted octanol–water partition coefficient (Wildman–Crippen LogP) is 1.17. The minimum atomic E-state index is -0.184. The zero-order valence-electron chi connectivity index (χ0n) is 10.9. The summed E-state index contributed by atoms with van der Waals surface area (Å²) in [5, 5.41) is 11.9. The number of aliphatic hydroxyl groups is 1. The van der Waals surface area contributed by atoms with Crippen LogP contribution in [0.15, 0.2) is 12.4 Å². The van der Waals surface area contributed by atoms with Gasteiger partial charge in [-0.15, -0.1) is 11.3 Å². The van der Waals surface area contributed by atoms with E-state index in [9.17, 15) is 4.79 Å². The van der Waals surface area contributed by atoms with Crippen LogP contribution in [0.4, 0.5) is 5.69 Å². The Labute approximate surface area is 120 Å². The number of carbonyl (C=O) groups excluding carboxylic acids is 1. The quantitative estimate of drug-likeness (QED) is 0.768. The molecule has 0 spiro atoms. The summed E-state index contributed by atoms with van der Waals surface area (Å²) in [6.45, 7) is 0.746. The molecule has 1 saturated carbocycles. The largest absolute Gasteiger partial charge is 0.396 e. The van der Waals surface area contributed by atoms with E-state index < -0.39 is 0 Å². The van der Waals surface area contributed by atoms with Crippen LogP contribution in [0.1, 0.15) is 28.9 Å². The first kappa shape index (κ1) is 13.3. The highest BCUT2D eigenvalue weighted by Gasteiger charge is 2.42. The number of aromatic nitrogens is 2. The molecule has 1 aliphatic rings. The third-order valence-electron chi connectivity index (χ3n) is 3.79. The SMILES string of the molecule is Nc1c(C(=O)NCC2(CCO)CC2)sc2nccnc12. The molecular formula is C13H16N4O2S. The number of nitrogens with one attached hydrogen (secondary N) is 1. The maximum Gasteiger partial charge on any atom is 0.263 e. The Hall–Kier alpha value is -1.73. The van der Waals surface area contributed by atoms with Crippen LogP contribution < -0.4 is 11.1 Å². The summed E-state index contributed by atoms with van der Waals surface area (Å²) in [5.41, 5.74) is 7.02. The lowest BCUT2D eigenvalue weighted by molar-refractivity contribution is 0.0945. The van der Waals surface area contributed by atoms with Crippen LogP contribution >= 0.6 is 11.3 Å². The number of hydrogen-bond acceptors (Lipinski definition) is 6. The van der Waals surface area contributed by atoms with Gasteiger partial charge < -0.3 is 16.2 Å². The highest BCUT2D eigenvalue weighted by molar-refractivity contribution is 7.21. The van der Waals surface area contributed by atoms with Gasteiger partial charge in [0, 0.05) is 25.5 Å². The number of anilines is 1. The molecular weight excluding hydrogens is 276 g/mol. The molecule has 20 heavy (non-hydrogen) atoms. The van der Waals surface area contributed by atoms with Crippen LogP contribution in [0.25, 0.3) is 10.3 Å². The number of thiophene rings is 1. The Morgan fingerprint density at radius 2 is 2.20 bits per heavy atom. The highest BCUT2D eigenvalue weighted by Crippen LogP contribution is 2.48. The first-order valence-electron chi connectivity index (χ1n) is 6.53. The van der Waals surface area contributed by atoms with Crippen molar-refractivity contribution in [1.29, 1.82) is 0 Å². The van der Waals surface area contributed by atoms with E-state index in [2.05, 4.69) is 15.3 Å². The molecule has 0 bridgehead atoms. The van der Waals surface area contributed by atoms with Crippen molar-refractivity contribution < 1.29 is 9.90 Å². The normalized spacial score (nSPS) is 16.2. The van der Waals surface area contributed by atoms with Crippen molar-refractivity contribution in [3.63, 3.8) is 0 Å². The fourth-order valence-electron chi connectivity index (χ4n) is 2.29. The van der Waals surface area contributed by atoms with Crippen LogP contribution in [0.3, 0.4) is 0 Å². The van der Waals surface area contributed by atoms with Gasteiger partial charge in [0.2, 0.25) is 0 Å². The van der Waals surface area contributed by atoms with E-state index in [1.807, 2.05) is 0 Å². The molecule has 0 radical (unpaired) electrons. The lowest BCUT2D eigenvalue weighted by Gasteiger charge is -2.14. The number of hydrogen-bond donors (Lipinski definition) is 3. The maximum absolute atomic E-state index is 12.2. The lowest BCUT2D eigenvalue weighted by Crippen LogP contribution is -2.30. The first-order chi connectivity index (χ1) is 9.65.